The molecule has 2 unspecified atom stereocenters. The van der Waals surface area contributed by atoms with Crippen molar-refractivity contribution in [2.75, 3.05) is 40.9 Å². The van der Waals surface area contributed by atoms with Gasteiger partial charge < -0.3 is 14.5 Å². The minimum absolute atomic E-state index is 0.147. The second kappa shape index (κ2) is 18.6. The molecule has 0 aliphatic rings. The van der Waals surface area contributed by atoms with E-state index in [1.54, 1.807) is 0 Å². The molecule has 0 aromatic heterocycles. The average Bonchev–Trinajstić information content (AvgIpc) is 2.66. The minimum atomic E-state index is -4.11. The van der Waals surface area contributed by atoms with E-state index in [4.69, 9.17) is 9.05 Å². The first-order valence-electron chi connectivity index (χ1n) is 12.3. The lowest BCUT2D eigenvalue weighted by Crippen LogP contribution is -2.37. The fourth-order valence-corrected chi connectivity index (χ4v) is 4.31. The third-order valence-corrected chi connectivity index (χ3v) is 6.46. The number of phosphoric ester groups is 1. The number of unbranched alkanes of at least 4 members (excludes halogenated alkanes) is 13. The summed E-state index contributed by atoms with van der Waals surface area (Å²) in [5.41, 5.74) is 0. The van der Waals surface area contributed by atoms with Crippen molar-refractivity contribution >= 4 is 7.82 Å². The van der Waals surface area contributed by atoms with Gasteiger partial charge in [-0.05, 0) is 6.42 Å². The number of aliphatic hydroxyl groups is 1. The Kier molecular flexibility index (Phi) is 18.6. The highest BCUT2D eigenvalue weighted by Crippen LogP contribution is 2.45. The summed E-state index contributed by atoms with van der Waals surface area (Å²) in [7, 11) is 1.84. The van der Waals surface area contributed by atoms with Gasteiger partial charge in [-0.25, -0.2) is 4.57 Å². The number of phosphoric acid groups is 1. The molecule has 7 heteroatoms. The Morgan fingerprint density at radius 1 is 0.800 bits per heavy atom. The number of nitrogens with zero attached hydrogens (tertiary/aromatic N) is 1. The fourth-order valence-electron chi connectivity index (χ4n) is 3.39. The Morgan fingerprint density at radius 3 is 1.63 bits per heavy atom. The lowest BCUT2D eigenvalue weighted by atomic mass is 10.0. The second-order valence-corrected chi connectivity index (χ2v) is 11.0. The van der Waals surface area contributed by atoms with Crippen LogP contribution in [0.2, 0.25) is 0 Å². The monoisotopic (exact) mass is 452 g/mol. The third-order valence-electron chi connectivity index (χ3n) is 5.38. The summed E-state index contributed by atoms with van der Waals surface area (Å²) in [5.74, 6) is 0. The second-order valence-electron chi connectivity index (χ2n) is 9.61. The van der Waals surface area contributed by atoms with Gasteiger partial charge in [-0.2, -0.15) is 0 Å². The molecule has 0 fully saturated rings. The Hall–Kier alpha value is 0.0300. The number of quaternary nitrogens is 1. The molecule has 30 heavy (non-hydrogen) atoms. The van der Waals surface area contributed by atoms with Crippen LogP contribution in [0.5, 0.6) is 0 Å². The van der Waals surface area contributed by atoms with Gasteiger partial charge in [-0.3, -0.25) is 9.05 Å². The SMILES string of the molecule is CCCCCCCCCCCCCCCCC(CO)OP(=O)(O)OCC[N+](C)(C)C. The lowest BCUT2D eigenvalue weighted by molar-refractivity contribution is -0.870. The van der Waals surface area contributed by atoms with Gasteiger partial charge >= 0.3 is 7.82 Å². The third kappa shape index (κ3) is 21.3. The van der Waals surface area contributed by atoms with Crippen molar-refractivity contribution < 1.29 is 28.1 Å². The predicted octanol–water partition coefficient (Wildman–Crippen LogP) is 6.06. The van der Waals surface area contributed by atoms with Crippen molar-refractivity contribution in [3.63, 3.8) is 0 Å². The molecule has 0 saturated heterocycles. The predicted molar refractivity (Wildman–Crippen MR) is 126 cm³/mol. The molecule has 0 aliphatic carbocycles. The largest absolute Gasteiger partial charge is 0.472 e. The summed E-state index contributed by atoms with van der Waals surface area (Å²) in [5, 5.41) is 9.43. The fraction of sp³-hybridized carbons (Fsp3) is 1.00. The first kappa shape index (κ1) is 30.0. The molecule has 0 amide bonds. The smallest absolute Gasteiger partial charge is 0.394 e. The first-order chi connectivity index (χ1) is 14.2. The van der Waals surface area contributed by atoms with Crippen LogP contribution in [0.3, 0.4) is 0 Å². The van der Waals surface area contributed by atoms with E-state index in [9.17, 15) is 14.6 Å². The van der Waals surface area contributed by atoms with Crippen molar-refractivity contribution in [1.29, 1.82) is 0 Å². The van der Waals surface area contributed by atoms with E-state index in [1.807, 2.05) is 21.1 Å². The van der Waals surface area contributed by atoms with Crippen molar-refractivity contribution in [2.24, 2.45) is 0 Å². The molecule has 0 rings (SSSR count). The number of aliphatic hydroxyl groups excluding tert-OH is 1. The highest BCUT2D eigenvalue weighted by Gasteiger charge is 2.27. The number of likely N-dealkylation sites (N-methyl/N-ethyl adjacent to an activating group) is 1. The molecule has 182 valence electrons. The van der Waals surface area contributed by atoms with Crippen LogP contribution in [0.15, 0.2) is 0 Å². The van der Waals surface area contributed by atoms with Crippen LogP contribution in [0.25, 0.3) is 0 Å². The lowest BCUT2D eigenvalue weighted by Gasteiger charge is -2.24. The van der Waals surface area contributed by atoms with E-state index in [0.29, 0.717) is 17.4 Å². The molecule has 0 spiro atoms. The number of rotatable bonds is 22. The van der Waals surface area contributed by atoms with E-state index in [-0.39, 0.29) is 13.2 Å². The summed E-state index contributed by atoms with van der Waals surface area (Å²) in [4.78, 5) is 9.82. The summed E-state index contributed by atoms with van der Waals surface area (Å²) in [6.07, 6.45) is 18.0. The zero-order valence-corrected chi connectivity index (χ0v) is 21.2. The van der Waals surface area contributed by atoms with Crippen molar-refractivity contribution in [3.8, 4) is 0 Å². The van der Waals surface area contributed by atoms with E-state index in [1.165, 1.54) is 77.0 Å². The standard InChI is InChI=1S/C23H50NO5P/c1-5-6-7-8-9-10-11-12-13-14-15-16-17-18-19-23(22-25)29-30(26,27)28-21-20-24(2,3)4/h23,25H,5-22H2,1-4H3/p+1. The highest BCUT2D eigenvalue weighted by atomic mass is 31.2. The molecular weight excluding hydrogens is 401 g/mol. The molecule has 2 N–H and O–H groups in total. The topological polar surface area (TPSA) is 76.0 Å². The highest BCUT2D eigenvalue weighted by molar-refractivity contribution is 7.47. The van der Waals surface area contributed by atoms with Crippen LogP contribution in [-0.2, 0) is 13.6 Å². The van der Waals surface area contributed by atoms with Crippen LogP contribution in [0, 0.1) is 0 Å². The Labute approximate surface area is 186 Å². The zero-order chi connectivity index (χ0) is 22.7. The maximum absolute atomic E-state index is 12.0. The van der Waals surface area contributed by atoms with Gasteiger partial charge in [0.2, 0.25) is 0 Å². The van der Waals surface area contributed by atoms with Gasteiger partial charge in [0.25, 0.3) is 0 Å². The zero-order valence-electron chi connectivity index (χ0n) is 20.3. The van der Waals surface area contributed by atoms with Crippen molar-refractivity contribution in [3.05, 3.63) is 0 Å². The van der Waals surface area contributed by atoms with Gasteiger partial charge in [-0.1, -0.05) is 96.8 Å². The Balaban J connectivity index is 3.61. The van der Waals surface area contributed by atoms with Crippen molar-refractivity contribution in [2.45, 2.75) is 109 Å². The summed E-state index contributed by atoms with van der Waals surface area (Å²) >= 11 is 0. The van der Waals surface area contributed by atoms with Crippen LogP contribution < -0.4 is 0 Å². The first-order valence-corrected chi connectivity index (χ1v) is 13.8. The molecule has 0 radical (unpaired) electrons. The molecule has 0 aromatic rings. The van der Waals surface area contributed by atoms with Crippen molar-refractivity contribution in [1.82, 2.24) is 0 Å². The molecule has 0 saturated carbocycles. The summed E-state index contributed by atoms with van der Waals surface area (Å²) in [6.45, 7) is 2.75. The quantitative estimate of drug-likeness (QED) is 0.119. The molecule has 2 atom stereocenters. The summed E-state index contributed by atoms with van der Waals surface area (Å²) in [6, 6.07) is 0. The van der Waals surface area contributed by atoms with Crippen LogP contribution in [0.1, 0.15) is 103 Å². The molecular formula is C23H51NO5P+. The Morgan fingerprint density at radius 2 is 1.23 bits per heavy atom. The molecule has 0 heterocycles. The molecule has 6 nitrogen and oxygen atoms in total. The maximum atomic E-state index is 12.0. The van der Waals surface area contributed by atoms with Gasteiger partial charge in [0, 0.05) is 0 Å². The molecule has 0 aromatic carbocycles. The van der Waals surface area contributed by atoms with Gasteiger partial charge in [0.1, 0.15) is 13.2 Å². The normalized spacial score (nSPS) is 15.3. The number of hydrogen-bond donors (Lipinski definition) is 2. The maximum Gasteiger partial charge on any atom is 0.472 e. The van der Waals surface area contributed by atoms with E-state index >= 15 is 0 Å². The van der Waals surface area contributed by atoms with Crippen LogP contribution >= 0.6 is 7.82 Å². The molecule has 0 aliphatic heterocycles. The van der Waals surface area contributed by atoms with Gasteiger partial charge in [0.05, 0.1) is 33.9 Å². The number of hydrogen-bond acceptors (Lipinski definition) is 4. The minimum Gasteiger partial charge on any atom is -0.394 e. The van der Waals surface area contributed by atoms with Crippen LogP contribution in [0.4, 0.5) is 0 Å². The average molecular weight is 453 g/mol. The summed E-state index contributed by atoms with van der Waals surface area (Å²) < 4.78 is 22.8. The van der Waals surface area contributed by atoms with E-state index < -0.39 is 13.9 Å². The van der Waals surface area contributed by atoms with E-state index in [2.05, 4.69) is 6.92 Å². The Bertz CT molecular complexity index is 428. The van der Waals surface area contributed by atoms with Gasteiger partial charge in [0.15, 0.2) is 0 Å². The van der Waals surface area contributed by atoms with Crippen LogP contribution in [-0.4, -0.2) is 61.5 Å². The van der Waals surface area contributed by atoms with Gasteiger partial charge in [-0.15, -0.1) is 0 Å². The van der Waals surface area contributed by atoms with E-state index in [0.717, 1.165) is 12.8 Å². The molecule has 0 bridgehead atoms.